The van der Waals surface area contributed by atoms with Gasteiger partial charge in [0.2, 0.25) is 6.79 Å². The van der Waals surface area contributed by atoms with Crippen LogP contribution in [-0.4, -0.2) is 36.8 Å². The maximum atomic E-state index is 13.4. The fourth-order valence-electron chi connectivity index (χ4n) is 4.38. The molecule has 3 aromatic rings. The Balaban J connectivity index is 1.65. The molecule has 2 heterocycles. The third-order valence-corrected chi connectivity index (χ3v) is 5.99. The van der Waals surface area contributed by atoms with E-state index >= 15 is 0 Å². The number of nitrogens with zero attached hydrogens (tertiary/aromatic N) is 1. The summed E-state index contributed by atoms with van der Waals surface area (Å²) in [6.07, 6.45) is -0.0106. The number of aliphatic hydroxyl groups is 1. The van der Waals surface area contributed by atoms with Crippen molar-refractivity contribution in [1.82, 2.24) is 0 Å². The number of ether oxygens (including phenoxy) is 4. The number of aliphatic hydroxyl groups excluding tert-OH is 1. The summed E-state index contributed by atoms with van der Waals surface area (Å²) in [6.45, 7) is 3.92. The lowest BCUT2D eigenvalue weighted by Gasteiger charge is -2.26. The van der Waals surface area contributed by atoms with E-state index in [0.29, 0.717) is 39.8 Å². The third kappa shape index (κ3) is 4.11. The minimum atomic E-state index is -0.887. The van der Waals surface area contributed by atoms with Gasteiger partial charge in [-0.15, -0.1) is 0 Å². The van der Waals surface area contributed by atoms with Crippen molar-refractivity contribution in [3.8, 4) is 23.0 Å². The largest absolute Gasteiger partial charge is 0.507 e. The van der Waals surface area contributed by atoms with E-state index in [1.54, 1.807) is 66.7 Å². The van der Waals surface area contributed by atoms with Gasteiger partial charge < -0.3 is 24.1 Å². The summed E-state index contributed by atoms with van der Waals surface area (Å²) in [5.74, 6) is 0.349. The van der Waals surface area contributed by atoms with Crippen molar-refractivity contribution in [3.05, 3.63) is 83.4 Å². The minimum absolute atomic E-state index is 0.0106. The van der Waals surface area contributed by atoms with E-state index in [0.717, 1.165) is 0 Å². The van der Waals surface area contributed by atoms with E-state index < -0.39 is 17.7 Å². The molecule has 1 saturated heterocycles. The fourth-order valence-corrected chi connectivity index (χ4v) is 4.38. The van der Waals surface area contributed by atoms with Crippen LogP contribution in [0.2, 0.25) is 0 Å². The van der Waals surface area contributed by atoms with Crippen LogP contribution in [0.4, 0.5) is 5.69 Å². The van der Waals surface area contributed by atoms with Crippen molar-refractivity contribution in [1.29, 1.82) is 0 Å². The summed E-state index contributed by atoms with van der Waals surface area (Å²) in [5.41, 5.74) is 1.41. The molecule has 184 valence electrons. The molecule has 0 radical (unpaired) electrons. The molecule has 2 aliphatic rings. The summed E-state index contributed by atoms with van der Waals surface area (Å²) >= 11 is 0. The molecule has 1 N–H and O–H groups in total. The number of ketones is 1. The molecular weight excluding hydrogens is 462 g/mol. The molecule has 1 fully saturated rings. The lowest BCUT2D eigenvalue weighted by atomic mass is 9.95. The van der Waals surface area contributed by atoms with Gasteiger partial charge in [-0.3, -0.25) is 14.5 Å². The predicted octanol–water partition coefficient (Wildman–Crippen LogP) is 4.84. The molecule has 5 rings (SSSR count). The van der Waals surface area contributed by atoms with Crippen LogP contribution >= 0.6 is 0 Å². The Morgan fingerprint density at radius 2 is 1.72 bits per heavy atom. The lowest BCUT2D eigenvalue weighted by Crippen LogP contribution is -2.29. The van der Waals surface area contributed by atoms with Crippen LogP contribution in [-0.2, 0) is 9.59 Å². The van der Waals surface area contributed by atoms with Gasteiger partial charge in [0.1, 0.15) is 17.3 Å². The molecule has 1 atom stereocenters. The molecule has 36 heavy (non-hydrogen) atoms. The number of carbonyl (C=O) groups excluding carboxylic acids is 2. The van der Waals surface area contributed by atoms with Crippen molar-refractivity contribution in [2.75, 3.05) is 18.8 Å². The highest BCUT2D eigenvalue weighted by Gasteiger charge is 2.47. The number of carbonyl (C=O) groups is 2. The molecular formula is C28H25NO7. The molecule has 0 spiro atoms. The minimum Gasteiger partial charge on any atom is -0.507 e. The van der Waals surface area contributed by atoms with Crippen molar-refractivity contribution in [2.45, 2.75) is 26.0 Å². The number of benzene rings is 3. The van der Waals surface area contributed by atoms with E-state index in [9.17, 15) is 14.7 Å². The van der Waals surface area contributed by atoms with Gasteiger partial charge in [0.15, 0.2) is 11.5 Å². The predicted molar refractivity (Wildman–Crippen MR) is 133 cm³/mol. The molecule has 2 aliphatic heterocycles. The van der Waals surface area contributed by atoms with Crippen LogP contribution in [0.3, 0.4) is 0 Å². The Labute approximate surface area is 208 Å². The summed E-state index contributed by atoms with van der Waals surface area (Å²) < 4.78 is 21.9. The van der Waals surface area contributed by atoms with Gasteiger partial charge in [0.25, 0.3) is 11.7 Å². The highest BCUT2D eigenvalue weighted by molar-refractivity contribution is 6.51. The number of methoxy groups -OCH3 is 1. The highest BCUT2D eigenvalue weighted by Crippen LogP contribution is 2.44. The molecule has 8 heteroatoms. The van der Waals surface area contributed by atoms with Gasteiger partial charge in [-0.2, -0.15) is 0 Å². The second-order valence-electron chi connectivity index (χ2n) is 8.67. The van der Waals surface area contributed by atoms with Gasteiger partial charge in [-0.05, 0) is 74.0 Å². The molecule has 1 unspecified atom stereocenters. The Morgan fingerprint density at radius 3 is 2.44 bits per heavy atom. The standard InChI is InChI=1S/C28H25NO7/c1-16(2)36-20-10-8-19(9-11-20)29-25(17-5-4-6-21(13-17)33-3)24(27(31)28(29)32)26(30)18-7-12-22-23(14-18)35-15-34-22/h4-14,16,25,30H,15H2,1-3H3/b26-24-. The number of hydrogen-bond acceptors (Lipinski definition) is 7. The zero-order valence-electron chi connectivity index (χ0n) is 20.1. The maximum absolute atomic E-state index is 13.4. The fraction of sp³-hybridized carbons (Fsp3) is 0.214. The smallest absolute Gasteiger partial charge is 0.300 e. The van der Waals surface area contributed by atoms with Crippen LogP contribution in [0.1, 0.15) is 31.0 Å². The first-order valence-electron chi connectivity index (χ1n) is 11.5. The SMILES string of the molecule is COc1cccc(C2/C(=C(/O)c3ccc4c(c3)OCO4)C(=O)C(=O)N2c2ccc(OC(C)C)cc2)c1. The summed E-state index contributed by atoms with van der Waals surface area (Å²) in [4.78, 5) is 28.1. The zero-order chi connectivity index (χ0) is 25.4. The van der Waals surface area contributed by atoms with Crippen molar-refractivity contribution >= 4 is 23.1 Å². The molecule has 0 bridgehead atoms. The number of fused-ring (bicyclic) bond motifs is 1. The topological polar surface area (TPSA) is 94.5 Å². The maximum Gasteiger partial charge on any atom is 0.300 e. The summed E-state index contributed by atoms with van der Waals surface area (Å²) in [7, 11) is 1.54. The Morgan fingerprint density at radius 1 is 0.972 bits per heavy atom. The van der Waals surface area contributed by atoms with Crippen LogP contribution < -0.4 is 23.8 Å². The normalized spacial score (nSPS) is 18.1. The number of anilines is 1. The van der Waals surface area contributed by atoms with Crippen molar-refractivity contribution in [2.24, 2.45) is 0 Å². The highest BCUT2D eigenvalue weighted by atomic mass is 16.7. The second kappa shape index (κ2) is 9.30. The molecule has 0 aromatic heterocycles. The number of rotatable bonds is 6. The Bertz CT molecular complexity index is 1360. The first-order valence-corrected chi connectivity index (χ1v) is 11.5. The molecule has 0 saturated carbocycles. The Kier molecular flexibility index (Phi) is 6.01. The monoisotopic (exact) mass is 487 g/mol. The van der Waals surface area contributed by atoms with Gasteiger partial charge >= 0.3 is 0 Å². The lowest BCUT2D eigenvalue weighted by molar-refractivity contribution is -0.132. The van der Waals surface area contributed by atoms with E-state index in [4.69, 9.17) is 18.9 Å². The van der Waals surface area contributed by atoms with Crippen molar-refractivity contribution in [3.63, 3.8) is 0 Å². The van der Waals surface area contributed by atoms with Crippen LogP contribution in [0.5, 0.6) is 23.0 Å². The average Bonchev–Trinajstić information content (AvgIpc) is 3.46. The second-order valence-corrected chi connectivity index (χ2v) is 8.67. The number of hydrogen-bond donors (Lipinski definition) is 1. The van der Waals surface area contributed by atoms with Gasteiger partial charge in [0, 0.05) is 11.3 Å². The van der Waals surface area contributed by atoms with Crippen LogP contribution in [0.15, 0.2) is 72.3 Å². The van der Waals surface area contributed by atoms with E-state index in [2.05, 4.69) is 0 Å². The molecule has 1 amide bonds. The number of amides is 1. The first-order chi connectivity index (χ1) is 17.4. The van der Waals surface area contributed by atoms with E-state index in [-0.39, 0.29) is 24.2 Å². The van der Waals surface area contributed by atoms with E-state index in [1.807, 2.05) is 13.8 Å². The quantitative estimate of drug-likeness (QED) is 0.302. The van der Waals surface area contributed by atoms with E-state index in [1.165, 1.54) is 12.0 Å². The zero-order valence-corrected chi connectivity index (χ0v) is 20.1. The first kappa shape index (κ1) is 23.3. The molecule has 8 nitrogen and oxygen atoms in total. The van der Waals surface area contributed by atoms with Gasteiger partial charge in [-0.25, -0.2) is 0 Å². The summed E-state index contributed by atoms with van der Waals surface area (Å²) in [6, 6.07) is 18.0. The van der Waals surface area contributed by atoms with Gasteiger partial charge in [-0.1, -0.05) is 12.1 Å². The third-order valence-electron chi connectivity index (χ3n) is 5.99. The number of Topliss-reactive ketones (excluding diaryl/α,β-unsaturated/α-hetero) is 1. The van der Waals surface area contributed by atoms with Gasteiger partial charge in [0.05, 0.1) is 24.8 Å². The molecule has 3 aromatic carbocycles. The summed E-state index contributed by atoms with van der Waals surface area (Å²) in [5, 5.41) is 11.3. The Hall–Kier alpha value is -4.46. The van der Waals surface area contributed by atoms with Crippen LogP contribution in [0, 0.1) is 0 Å². The molecule has 0 aliphatic carbocycles. The van der Waals surface area contributed by atoms with Crippen LogP contribution in [0.25, 0.3) is 5.76 Å². The van der Waals surface area contributed by atoms with Crippen molar-refractivity contribution < 1.29 is 33.6 Å². The average molecular weight is 488 g/mol.